The predicted octanol–water partition coefficient (Wildman–Crippen LogP) is 1.49. The number of halogens is 2. The molecule has 13 heavy (non-hydrogen) atoms. The highest BCUT2D eigenvalue weighted by atomic mass is 19.1. The monoisotopic (exact) mass is 185 g/mol. The first-order valence-corrected chi connectivity index (χ1v) is 3.77. The van der Waals surface area contributed by atoms with Gasteiger partial charge >= 0.3 is 0 Å². The number of nitrogens with two attached hydrogens (primary N) is 1. The van der Waals surface area contributed by atoms with Gasteiger partial charge in [0.1, 0.15) is 11.6 Å². The fraction of sp³-hybridized carbons (Fsp3) is 0.222. The van der Waals surface area contributed by atoms with Gasteiger partial charge in [0, 0.05) is 0 Å². The molecule has 0 amide bonds. The Bertz CT molecular complexity index is 336. The van der Waals surface area contributed by atoms with E-state index < -0.39 is 23.5 Å². The van der Waals surface area contributed by atoms with Gasteiger partial charge in [-0.15, -0.1) is 0 Å². The van der Waals surface area contributed by atoms with Crippen molar-refractivity contribution < 1.29 is 13.6 Å². The van der Waals surface area contributed by atoms with E-state index in [1.54, 1.807) is 0 Å². The lowest BCUT2D eigenvalue weighted by Crippen LogP contribution is -2.27. The summed E-state index contributed by atoms with van der Waals surface area (Å²) in [6.07, 6.45) is 0. The molecule has 2 N–H and O–H groups in total. The van der Waals surface area contributed by atoms with Crippen molar-refractivity contribution in [1.29, 1.82) is 0 Å². The predicted molar refractivity (Wildman–Crippen MR) is 44.3 cm³/mol. The largest absolute Gasteiger partial charge is 0.321 e. The third kappa shape index (κ3) is 2.09. The van der Waals surface area contributed by atoms with Gasteiger partial charge < -0.3 is 5.73 Å². The molecule has 0 aliphatic heterocycles. The summed E-state index contributed by atoms with van der Waals surface area (Å²) in [6, 6.07) is 1.88. The quantitative estimate of drug-likeness (QED) is 0.709. The third-order valence-corrected chi connectivity index (χ3v) is 1.61. The van der Waals surface area contributed by atoms with E-state index in [1.807, 2.05) is 0 Å². The van der Waals surface area contributed by atoms with Gasteiger partial charge in [-0.1, -0.05) is 0 Å². The van der Waals surface area contributed by atoms with Crippen LogP contribution in [0.25, 0.3) is 0 Å². The molecular weight excluding hydrogens is 176 g/mol. The highest BCUT2D eigenvalue weighted by molar-refractivity contribution is 5.99. The summed E-state index contributed by atoms with van der Waals surface area (Å²) in [4.78, 5) is 11.2. The van der Waals surface area contributed by atoms with Crippen molar-refractivity contribution in [1.82, 2.24) is 0 Å². The summed E-state index contributed by atoms with van der Waals surface area (Å²) in [5.41, 5.74) is 4.95. The summed E-state index contributed by atoms with van der Waals surface area (Å²) in [7, 11) is 0. The lowest BCUT2D eigenvalue weighted by atomic mass is 10.1. The Morgan fingerprint density at radius 1 is 1.46 bits per heavy atom. The molecule has 0 aliphatic rings. The molecule has 0 bridgehead atoms. The third-order valence-electron chi connectivity index (χ3n) is 1.61. The molecule has 0 aromatic heterocycles. The summed E-state index contributed by atoms with van der Waals surface area (Å²) >= 11 is 0. The first-order chi connectivity index (χ1) is 6.02. The molecule has 0 spiro atoms. The molecule has 1 atom stereocenters. The van der Waals surface area contributed by atoms with Crippen LogP contribution in [0.4, 0.5) is 8.78 Å². The maximum absolute atomic E-state index is 12.9. The first kappa shape index (κ1) is 9.80. The Morgan fingerprint density at radius 2 is 2.08 bits per heavy atom. The zero-order valence-electron chi connectivity index (χ0n) is 7.05. The maximum atomic E-state index is 12.9. The zero-order chi connectivity index (χ0) is 10.0. The number of Topliss-reactive ketones (excluding diaryl/α,β-unsaturated/α-hetero) is 1. The lowest BCUT2D eigenvalue weighted by Gasteiger charge is -2.04. The Hall–Kier alpha value is -1.29. The topological polar surface area (TPSA) is 43.1 Å². The molecule has 1 rings (SSSR count). The maximum Gasteiger partial charge on any atom is 0.182 e. The van der Waals surface area contributed by atoms with Crippen molar-refractivity contribution >= 4 is 5.78 Å². The van der Waals surface area contributed by atoms with Crippen LogP contribution in [0.3, 0.4) is 0 Å². The smallest absolute Gasteiger partial charge is 0.182 e. The minimum atomic E-state index is -0.823. The Kier molecular flexibility index (Phi) is 2.72. The summed E-state index contributed by atoms with van der Waals surface area (Å²) in [5.74, 6) is -1.99. The van der Waals surface area contributed by atoms with E-state index in [9.17, 15) is 13.6 Å². The van der Waals surface area contributed by atoms with Crippen molar-refractivity contribution in [2.45, 2.75) is 13.0 Å². The molecule has 0 radical (unpaired) electrons. The summed E-state index contributed by atoms with van der Waals surface area (Å²) < 4.78 is 25.5. The molecular formula is C9H9F2NO. The second-order valence-electron chi connectivity index (χ2n) is 2.78. The number of ketones is 1. The van der Waals surface area contributed by atoms with Crippen molar-refractivity contribution in [3.05, 3.63) is 35.4 Å². The molecule has 2 nitrogen and oxygen atoms in total. The van der Waals surface area contributed by atoms with E-state index in [4.69, 9.17) is 5.73 Å². The highest BCUT2D eigenvalue weighted by Gasteiger charge is 2.15. The molecule has 4 heteroatoms. The fourth-order valence-electron chi connectivity index (χ4n) is 0.932. The second kappa shape index (κ2) is 3.62. The number of benzene rings is 1. The number of carbonyl (C=O) groups excluding carboxylic acids is 1. The van der Waals surface area contributed by atoms with Gasteiger partial charge in [0.05, 0.1) is 11.6 Å². The number of carbonyl (C=O) groups is 1. The minimum absolute atomic E-state index is 0.296. The highest BCUT2D eigenvalue weighted by Crippen LogP contribution is 2.11. The van der Waals surface area contributed by atoms with Crippen LogP contribution < -0.4 is 5.73 Å². The van der Waals surface area contributed by atoms with Gasteiger partial charge in [0.25, 0.3) is 0 Å². The van der Waals surface area contributed by atoms with Crippen molar-refractivity contribution in [2.75, 3.05) is 0 Å². The normalized spacial score (nSPS) is 12.6. The van der Waals surface area contributed by atoms with Crippen molar-refractivity contribution in [3.63, 3.8) is 0 Å². The average Bonchev–Trinajstić information content (AvgIpc) is 2.08. The summed E-state index contributed by atoms with van der Waals surface area (Å²) in [6.45, 7) is 1.42. The zero-order valence-corrected chi connectivity index (χ0v) is 7.05. The molecule has 1 aromatic rings. The van der Waals surface area contributed by atoms with Gasteiger partial charge in [0.15, 0.2) is 5.78 Å². The van der Waals surface area contributed by atoms with E-state index >= 15 is 0 Å². The molecule has 0 heterocycles. The lowest BCUT2D eigenvalue weighted by molar-refractivity contribution is 0.0963. The van der Waals surface area contributed by atoms with Gasteiger partial charge in [-0.3, -0.25) is 4.79 Å². The van der Waals surface area contributed by atoms with Crippen molar-refractivity contribution in [3.8, 4) is 0 Å². The Labute approximate surface area is 74.4 Å². The van der Waals surface area contributed by atoms with Crippen LogP contribution in [0.2, 0.25) is 0 Å². The van der Waals surface area contributed by atoms with Gasteiger partial charge in [-0.2, -0.15) is 0 Å². The Morgan fingerprint density at radius 3 is 2.62 bits per heavy atom. The first-order valence-electron chi connectivity index (χ1n) is 3.77. The van der Waals surface area contributed by atoms with Crippen LogP contribution in [0.1, 0.15) is 17.3 Å². The fourth-order valence-corrected chi connectivity index (χ4v) is 0.932. The van der Waals surface area contributed by atoms with Crippen LogP contribution in [0.15, 0.2) is 18.2 Å². The van der Waals surface area contributed by atoms with Gasteiger partial charge in [-0.25, -0.2) is 8.78 Å². The molecule has 70 valence electrons. The van der Waals surface area contributed by atoms with E-state index in [2.05, 4.69) is 0 Å². The van der Waals surface area contributed by atoms with E-state index in [0.29, 0.717) is 0 Å². The van der Waals surface area contributed by atoms with Gasteiger partial charge in [0.2, 0.25) is 0 Å². The molecule has 0 saturated carbocycles. The number of hydrogen-bond donors (Lipinski definition) is 1. The van der Waals surface area contributed by atoms with Crippen LogP contribution in [-0.4, -0.2) is 11.8 Å². The van der Waals surface area contributed by atoms with Crippen LogP contribution in [-0.2, 0) is 0 Å². The number of rotatable bonds is 2. The van der Waals surface area contributed by atoms with Crippen LogP contribution in [0, 0.1) is 11.6 Å². The second-order valence-corrected chi connectivity index (χ2v) is 2.78. The molecule has 0 saturated heterocycles. The van der Waals surface area contributed by atoms with Gasteiger partial charge in [-0.05, 0) is 25.1 Å². The van der Waals surface area contributed by atoms with Crippen molar-refractivity contribution in [2.24, 2.45) is 5.73 Å². The average molecular weight is 185 g/mol. The molecule has 0 aliphatic carbocycles. The van der Waals surface area contributed by atoms with E-state index in [1.165, 1.54) is 6.92 Å². The standard InChI is InChI=1S/C9H9F2NO/c1-5(12)9(13)7-4-6(10)2-3-8(7)11/h2-5H,12H2,1H3. The Balaban J connectivity index is 3.13. The summed E-state index contributed by atoms with van der Waals surface area (Å²) in [5, 5.41) is 0. The minimum Gasteiger partial charge on any atom is -0.321 e. The number of hydrogen-bond acceptors (Lipinski definition) is 2. The van der Waals surface area contributed by atoms with Crippen LogP contribution >= 0.6 is 0 Å². The molecule has 1 unspecified atom stereocenters. The van der Waals surface area contributed by atoms with E-state index in [0.717, 1.165) is 18.2 Å². The SMILES string of the molecule is CC(N)C(=O)c1cc(F)ccc1F. The van der Waals surface area contributed by atoms with Crippen LogP contribution in [0.5, 0.6) is 0 Å². The van der Waals surface area contributed by atoms with E-state index in [-0.39, 0.29) is 5.56 Å². The molecule has 1 aromatic carbocycles. The molecule has 0 fully saturated rings.